The molecule has 0 N–H and O–H groups in total. The van der Waals surface area contributed by atoms with Gasteiger partial charge in [-0.25, -0.2) is 0 Å². The lowest BCUT2D eigenvalue weighted by Crippen LogP contribution is -2.30. The van der Waals surface area contributed by atoms with Gasteiger partial charge >= 0.3 is 17.9 Å². The molecule has 0 rings (SSSR count). The van der Waals surface area contributed by atoms with Gasteiger partial charge in [-0.05, 0) is 103 Å². The van der Waals surface area contributed by atoms with E-state index in [0.29, 0.717) is 19.3 Å². The molecule has 0 aromatic heterocycles. The summed E-state index contributed by atoms with van der Waals surface area (Å²) in [5, 5.41) is 0. The number of hydrogen-bond acceptors (Lipinski definition) is 6. The average Bonchev–Trinajstić information content (AvgIpc) is 3.38. The van der Waals surface area contributed by atoms with Crippen LogP contribution in [0.25, 0.3) is 0 Å². The highest BCUT2D eigenvalue weighted by Crippen LogP contribution is 2.16. The second kappa shape index (κ2) is 60.7. The van der Waals surface area contributed by atoms with Crippen LogP contribution in [0, 0.1) is 0 Å². The minimum Gasteiger partial charge on any atom is -0.462 e. The third-order valence-electron chi connectivity index (χ3n) is 13.7. The number of hydrogen-bond donors (Lipinski definition) is 0. The van der Waals surface area contributed by atoms with Gasteiger partial charge in [0, 0.05) is 19.3 Å². The monoisotopic (exact) mass is 1010 g/mol. The molecule has 0 aromatic carbocycles. The standard InChI is InChI=1S/C66H118O6/c1-4-7-10-13-16-19-22-24-26-27-28-29-30-31-32-33-34-35-36-37-38-39-40-42-44-47-50-53-56-59-65(68)71-62-63(61-70-64(67)58-55-52-49-46-43-21-18-15-12-9-6-3)72-66(69)60-57-54-51-48-45-41-25-23-20-17-14-11-8-5-2/h15,18,22-25,27-28,30-31,63H,4-14,16-17,19-21,26,29,32-62H2,1-3H3/b18-15-,24-22-,25-23-,28-27-,31-30-. The lowest BCUT2D eigenvalue weighted by Gasteiger charge is -2.18. The van der Waals surface area contributed by atoms with Gasteiger partial charge in [-0.15, -0.1) is 0 Å². The van der Waals surface area contributed by atoms with Crippen LogP contribution in [0.15, 0.2) is 60.8 Å². The first-order valence-electron chi connectivity index (χ1n) is 31.3. The Labute approximate surface area is 447 Å². The quantitative estimate of drug-likeness (QED) is 0.0261. The molecule has 72 heavy (non-hydrogen) atoms. The molecular formula is C66H118O6. The average molecular weight is 1010 g/mol. The van der Waals surface area contributed by atoms with Crippen LogP contribution in [0.4, 0.5) is 0 Å². The number of ether oxygens (including phenoxy) is 3. The van der Waals surface area contributed by atoms with Crippen LogP contribution >= 0.6 is 0 Å². The van der Waals surface area contributed by atoms with Gasteiger partial charge in [0.05, 0.1) is 0 Å². The fourth-order valence-electron chi connectivity index (χ4n) is 8.96. The predicted octanol–water partition coefficient (Wildman–Crippen LogP) is 21.2. The van der Waals surface area contributed by atoms with Gasteiger partial charge in [0.2, 0.25) is 0 Å². The SMILES string of the molecule is CCCC/C=C\CCCCCCCC(=O)OCC(COC(=O)CCCCCCCCCCCCCCCC/C=C\C/C=C\C/C=C\CCCCCCC)OC(=O)CCCCCCC/C=C\CCCCCCC. The van der Waals surface area contributed by atoms with E-state index in [9.17, 15) is 14.4 Å². The van der Waals surface area contributed by atoms with E-state index in [-0.39, 0.29) is 31.1 Å². The summed E-state index contributed by atoms with van der Waals surface area (Å²) in [5.41, 5.74) is 0. The van der Waals surface area contributed by atoms with Gasteiger partial charge in [-0.2, -0.15) is 0 Å². The Bertz CT molecular complexity index is 1290. The highest BCUT2D eigenvalue weighted by atomic mass is 16.6. The molecule has 0 radical (unpaired) electrons. The van der Waals surface area contributed by atoms with E-state index in [1.54, 1.807) is 0 Å². The second-order valence-electron chi connectivity index (χ2n) is 21.0. The van der Waals surface area contributed by atoms with Gasteiger partial charge in [0.1, 0.15) is 13.2 Å². The fraction of sp³-hybridized carbons (Fsp3) is 0.803. The Balaban J connectivity index is 4.16. The lowest BCUT2D eigenvalue weighted by molar-refractivity contribution is -0.167. The minimum atomic E-state index is -0.780. The van der Waals surface area contributed by atoms with Crippen molar-refractivity contribution in [2.45, 2.75) is 329 Å². The van der Waals surface area contributed by atoms with Crippen molar-refractivity contribution < 1.29 is 28.6 Å². The van der Waals surface area contributed by atoms with Crippen molar-refractivity contribution in [1.82, 2.24) is 0 Å². The molecule has 0 aliphatic rings. The predicted molar refractivity (Wildman–Crippen MR) is 312 cm³/mol. The van der Waals surface area contributed by atoms with Crippen LogP contribution in [-0.2, 0) is 28.6 Å². The van der Waals surface area contributed by atoms with Crippen LogP contribution in [0.1, 0.15) is 323 Å². The molecule has 418 valence electrons. The van der Waals surface area contributed by atoms with Crippen LogP contribution in [-0.4, -0.2) is 37.2 Å². The number of carbonyl (C=O) groups excluding carboxylic acids is 3. The molecule has 0 spiro atoms. The maximum atomic E-state index is 12.8. The van der Waals surface area contributed by atoms with Crippen molar-refractivity contribution in [3.05, 3.63) is 60.8 Å². The molecular weight excluding hydrogens is 889 g/mol. The summed E-state index contributed by atoms with van der Waals surface area (Å²) in [4.78, 5) is 38.1. The fourth-order valence-corrected chi connectivity index (χ4v) is 8.96. The molecule has 1 atom stereocenters. The molecule has 0 aliphatic carbocycles. The van der Waals surface area contributed by atoms with Crippen LogP contribution in [0.2, 0.25) is 0 Å². The summed E-state index contributed by atoms with van der Waals surface area (Å²) in [6, 6.07) is 0. The third-order valence-corrected chi connectivity index (χ3v) is 13.7. The Hall–Kier alpha value is -2.89. The Morgan fingerprint density at radius 2 is 0.514 bits per heavy atom. The smallest absolute Gasteiger partial charge is 0.306 e. The summed E-state index contributed by atoms with van der Waals surface area (Å²) in [5.74, 6) is -0.886. The molecule has 0 fully saturated rings. The van der Waals surface area contributed by atoms with Crippen molar-refractivity contribution in [3.8, 4) is 0 Å². The molecule has 0 heterocycles. The maximum absolute atomic E-state index is 12.8. The first-order valence-corrected chi connectivity index (χ1v) is 31.3. The van der Waals surface area contributed by atoms with Gasteiger partial charge in [-0.3, -0.25) is 14.4 Å². The summed E-state index contributed by atoms with van der Waals surface area (Å²) in [6.45, 7) is 6.59. The largest absolute Gasteiger partial charge is 0.462 e. The first kappa shape index (κ1) is 69.1. The van der Waals surface area contributed by atoms with Crippen molar-refractivity contribution in [2.24, 2.45) is 0 Å². The molecule has 0 amide bonds. The van der Waals surface area contributed by atoms with Crippen molar-refractivity contribution in [2.75, 3.05) is 13.2 Å². The molecule has 0 saturated carbocycles. The Kier molecular flexibility index (Phi) is 58.2. The molecule has 6 heteroatoms. The summed E-state index contributed by atoms with van der Waals surface area (Å²) in [6.07, 6.45) is 76.6. The van der Waals surface area contributed by atoms with Crippen LogP contribution in [0.3, 0.4) is 0 Å². The van der Waals surface area contributed by atoms with E-state index in [2.05, 4.69) is 81.5 Å². The second-order valence-corrected chi connectivity index (χ2v) is 21.0. The summed E-state index contributed by atoms with van der Waals surface area (Å²) in [7, 11) is 0. The zero-order valence-corrected chi connectivity index (χ0v) is 47.9. The van der Waals surface area contributed by atoms with E-state index in [1.807, 2.05) is 0 Å². The van der Waals surface area contributed by atoms with Gasteiger partial charge in [0.25, 0.3) is 0 Å². The Morgan fingerprint density at radius 3 is 0.833 bits per heavy atom. The van der Waals surface area contributed by atoms with Gasteiger partial charge < -0.3 is 14.2 Å². The number of unbranched alkanes of at least 4 members (excludes halogenated alkanes) is 36. The summed E-state index contributed by atoms with van der Waals surface area (Å²) >= 11 is 0. The minimum absolute atomic E-state index is 0.0785. The maximum Gasteiger partial charge on any atom is 0.306 e. The Morgan fingerprint density at radius 1 is 0.278 bits per heavy atom. The molecule has 0 saturated heterocycles. The van der Waals surface area contributed by atoms with Gasteiger partial charge in [-0.1, -0.05) is 261 Å². The molecule has 0 bridgehead atoms. The topological polar surface area (TPSA) is 78.9 Å². The molecule has 1 unspecified atom stereocenters. The zero-order valence-electron chi connectivity index (χ0n) is 47.9. The van der Waals surface area contributed by atoms with E-state index in [4.69, 9.17) is 14.2 Å². The highest BCUT2D eigenvalue weighted by Gasteiger charge is 2.19. The van der Waals surface area contributed by atoms with Crippen molar-refractivity contribution >= 4 is 17.9 Å². The first-order chi connectivity index (χ1) is 35.5. The number of allylic oxidation sites excluding steroid dienone is 10. The number of esters is 3. The number of carbonyl (C=O) groups is 3. The number of rotatable bonds is 57. The zero-order chi connectivity index (χ0) is 52.2. The van der Waals surface area contributed by atoms with E-state index in [1.165, 1.54) is 193 Å². The van der Waals surface area contributed by atoms with E-state index in [0.717, 1.165) is 89.9 Å². The van der Waals surface area contributed by atoms with E-state index >= 15 is 0 Å². The highest BCUT2D eigenvalue weighted by molar-refractivity contribution is 5.71. The third kappa shape index (κ3) is 58.0. The van der Waals surface area contributed by atoms with Crippen LogP contribution < -0.4 is 0 Å². The normalized spacial score (nSPS) is 12.4. The molecule has 0 aromatic rings. The van der Waals surface area contributed by atoms with E-state index < -0.39 is 6.10 Å². The van der Waals surface area contributed by atoms with Gasteiger partial charge in [0.15, 0.2) is 6.10 Å². The summed E-state index contributed by atoms with van der Waals surface area (Å²) < 4.78 is 16.9. The van der Waals surface area contributed by atoms with Crippen molar-refractivity contribution in [3.63, 3.8) is 0 Å². The lowest BCUT2D eigenvalue weighted by atomic mass is 10.0. The van der Waals surface area contributed by atoms with Crippen molar-refractivity contribution in [1.29, 1.82) is 0 Å². The molecule has 0 aliphatic heterocycles. The van der Waals surface area contributed by atoms with Crippen LogP contribution in [0.5, 0.6) is 0 Å². The molecule has 6 nitrogen and oxygen atoms in total.